The van der Waals surface area contributed by atoms with E-state index in [-0.39, 0.29) is 0 Å². The van der Waals surface area contributed by atoms with E-state index < -0.39 is 0 Å². The molecule has 0 spiro atoms. The second-order valence-electron chi connectivity index (χ2n) is 3.14. The van der Waals surface area contributed by atoms with E-state index in [1.807, 2.05) is 6.07 Å². The van der Waals surface area contributed by atoms with E-state index in [1.54, 1.807) is 0 Å². The van der Waals surface area contributed by atoms with Gasteiger partial charge in [-0.2, -0.15) is 0 Å². The topological polar surface area (TPSA) is 0 Å². The fourth-order valence-corrected chi connectivity index (χ4v) is 1.93. The van der Waals surface area contributed by atoms with Crippen molar-refractivity contribution >= 4 is 15.9 Å². The molecule has 65 valence electrons. The lowest BCUT2D eigenvalue weighted by molar-refractivity contribution is 0.904. The Morgan fingerprint density at radius 3 is 2.67 bits per heavy atom. The summed E-state index contributed by atoms with van der Waals surface area (Å²) < 4.78 is 1.26. The lowest BCUT2D eigenvalue weighted by Gasteiger charge is -2.08. The minimum atomic E-state index is 1.14. The van der Waals surface area contributed by atoms with Gasteiger partial charge in [0, 0.05) is 4.47 Å². The Balaban J connectivity index is 3.14. The molecule has 0 saturated carbocycles. The zero-order valence-electron chi connectivity index (χ0n) is 7.87. The molecule has 0 amide bonds. The van der Waals surface area contributed by atoms with E-state index in [0.717, 1.165) is 6.42 Å². The van der Waals surface area contributed by atoms with Crippen LogP contribution in [0.1, 0.15) is 30.0 Å². The van der Waals surface area contributed by atoms with Gasteiger partial charge in [0.05, 0.1) is 0 Å². The standard InChI is InChI=1S/C11H14Br/c1-4-5-10-8(2)6-7-9(3)11(10)12/h7H,4-5H2,1-3H3. The van der Waals surface area contributed by atoms with E-state index in [4.69, 9.17) is 0 Å². The zero-order valence-corrected chi connectivity index (χ0v) is 9.46. The lowest BCUT2D eigenvalue weighted by Crippen LogP contribution is -1.92. The SMILES string of the molecule is CCCc1c(C)[c]cc(C)c1Br. The smallest absolute Gasteiger partial charge is 0.0239 e. The summed E-state index contributed by atoms with van der Waals surface area (Å²) in [5, 5.41) is 0. The Labute approximate surface area is 83.1 Å². The van der Waals surface area contributed by atoms with Crippen LogP contribution in [-0.4, -0.2) is 0 Å². The third-order valence-electron chi connectivity index (χ3n) is 2.07. The van der Waals surface area contributed by atoms with Crippen molar-refractivity contribution in [2.45, 2.75) is 33.6 Å². The van der Waals surface area contributed by atoms with Gasteiger partial charge in [0.15, 0.2) is 0 Å². The van der Waals surface area contributed by atoms with E-state index in [1.165, 1.54) is 27.6 Å². The molecular formula is C11H14Br. The number of halogens is 1. The first-order valence-electron chi connectivity index (χ1n) is 4.33. The average Bonchev–Trinajstić information content (AvgIpc) is 2.06. The summed E-state index contributed by atoms with van der Waals surface area (Å²) in [5.41, 5.74) is 3.97. The summed E-state index contributed by atoms with van der Waals surface area (Å²) in [6.45, 7) is 6.43. The number of aryl methyl sites for hydroxylation is 2. The lowest BCUT2D eigenvalue weighted by atomic mass is 10.0. The van der Waals surface area contributed by atoms with Crippen LogP contribution in [0.4, 0.5) is 0 Å². The van der Waals surface area contributed by atoms with Crippen molar-refractivity contribution in [2.75, 3.05) is 0 Å². The maximum absolute atomic E-state index is 3.61. The van der Waals surface area contributed by atoms with Crippen LogP contribution in [0.25, 0.3) is 0 Å². The molecule has 0 nitrogen and oxygen atoms in total. The second-order valence-corrected chi connectivity index (χ2v) is 3.93. The highest BCUT2D eigenvalue weighted by molar-refractivity contribution is 9.10. The first kappa shape index (κ1) is 9.79. The molecule has 0 N–H and O–H groups in total. The van der Waals surface area contributed by atoms with Crippen molar-refractivity contribution in [3.8, 4) is 0 Å². The van der Waals surface area contributed by atoms with Crippen LogP contribution < -0.4 is 0 Å². The fraction of sp³-hybridized carbons (Fsp3) is 0.455. The van der Waals surface area contributed by atoms with Gasteiger partial charge in [0.2, 0.25) is 0 Å². The first-order chi connectivity index (χ1) is 5.66. The summed E-state index contributed by atoms with van der Waals surface area (Å²) >= 11 is 3.61. The van der Waals surface area contributed by atoms with Crippen molar-refractivity contribution in [3.05, 3.63) is 33.3 Å². The van der Waals surface area contributed by atoms with Crippen LogP contribution >= 0.6 is 15.9 Å². The summed E-state index contributed by atoms with van der Waals surface area (Å²) in [7, 11) is 0. The minimum Gasteiger partial charge on any atom is -0.0651 e. The van der Waals surface area contributed by atoms with Crippen molar-refractivity contribution in [1.82, 2.24) is 0 Å². The number of benzene rings is 1. The molecule has 0 unspecified atom stereocenters. The molecule has 0 aliphatic carbocycles. The normalized spacial score (nSPS) is 10.3. The second kappa shape index (κ2) is 4.08. The van der Waals surface area contributed by atoms with Gasteiger partial charge in [-0.25, -0.2) is 0 Å². The Hall–Kier alpha value is -0.300. The van der Waals surface area contributed by atoms with Gasteiger partial charge in [-0.05, 0) is 43.0 Å². The quantitative estimate of drug-likeness (QED) is 0.719. The predicted octanol–water partition coefficient (Wildman–Crippen LogP) is 3.82. The average molecular weight is 226 g/mol. The molecule has 0 saturated heterocycles. The van der Waals surface area contributed by atoms with Crippen molar-refractivity contribution in [1.29, 1.82) is 0 Å². The minimum absolute atomic E-state index is 1.14. The molecular weight excluding hydrogens is 212 g/mol. The zero-order chi connectivity index (χ0) is 9.14. The molecule has 1 radical (unpaired) electrons. The first-order valence-corrected chi connectivity index (χ1v) is 5.12. The highest BCUT2D eigenvalue weighted by Gasteiger charge is 2.04. The molecule has 1 rings (SSSR count). The third kappa shape index (κ3) is 1.89. The van der Waals surface area contributed by atoms with Crippen LogP contribution in [0.2, 0.25) is 0 Å². The molecule has 1 aromatic rings. The fourth-order valence-electron chi connectivity index (χ4n) is 1.32. The molecule has 0 aliphatic heterocycles. The van der Waals surface area contributed by atoms with E-state index >= 15 is 0 Å². The van der Waals surface area contributed by atoms with Crippen LogP contribution in [0.5, 0.6) is 0 Å². The summed E-state index contributed by atoms with van der Waals surface area (Å²) in [6.07, 6.45) is 2.33. The van der Waals surface area contributed by atoms with Crippen LogP contribution in [0, 0.1) is 19.9 Å². The molecule has 1 aromatic carbocycles. The Morgan fingerprint density at radius 1 is 1.42 bits per heavy atom. The summed E-state index contributed by atoms with van der Waals surface area (Å²) in [6, 6.07) is 5.30. The van der Waals surface area contributed by atoms with Crippen molar-refractivity contribution < 1.29 is 0 Å². The summed E-state index contributed by atoms with van der Waals surface area (Å²) in [4.78, 5) is 0. The van der Waals surface area contributed by atoms with Crippen molar-refractivity contribution in [2.24, 2.45) is 0 Å². The summed E-state index contributed by atoms with van der Waals surface area (Å²) in [5.74, 6) is 0. The number of rotatable bonds is 2. The van der Waals surface area contributed by atoms with Gasteiger partial charge in [-0.3, -0.25) is 0 Å². The molecule has 1 heteroatoms. The molecule has 0 bridgehead atoms. The third-order valence-corrected chi connectivity index (χ3v) is 3.17. The number of hydrogen-bond donors (Lipinski definition) is 0. The van der Waals surface area contributed by atoms with E-state index in [0.29, 0.717) is 0 Å². The van der Waals surface area contributed by atoms with Gasteiger partial charge in [-0.15, -0.1) is 0 Å². The Bertz CT molecular complexity index is 277. The van der Waals surface area contributed by atoms with Gasteiger partial charge >= 0.3 is 0 Å². The Morgan fingerprint density at radius 2 is 2.08 bits per heavy atom. The molecule has 0 aromatic heterocycles. The van der Waals surface area contributed by atoms with Gasteiger partial charge in [-0.1, -0.05) is 35.3 Å². The monoisotopic (exact) mass is 225 g/mol. The van der Waals surface area contributed by atoms with Crippen molar-refractivity contribution in [3.63, 3.8) is 0 Å². The molecule has 0 atom stereocenters. The van der Waals surface area contributed by atoms with Gasteiger partial charge in [0.25, 0.3) is 0 Å². The van der Waals surface area contributed by atoms with Crippen LogP contribution in [0.15, 0.2) is 10.5 Å². The predicted molar refractivity (Wildman–Crippen MR) is 56.4 cm³/mol. The highest BCUT2D eigenvalue weighted by atomic mass is 79.9. The molecule has 0 fully saturated rings. The molecule has 0 aliphatic rings. The van der Waals surface area contributed by atoms with Crippen LogP contribution in [-0.2, 0) is 6.42 Å². The van der Waals surface area contributed by atoms with Gasteiger partial charge < -0.3 is 0 Å². The highest BCUT2D eigenvalue weighted by Crippen LogP contribution is 2.25. The maximum Gasteiger partial charge on any atom is 0.0239 e. The van der Waals surface area contributed by atoms with E-state index in [9.17, 15) is 0 Å². The van der Waals surface area contributed by atoms with Gasteiger partial charge in [0.1, 0.15) is 0 Å². The Kier molecular flexibility index (Phi) is 3.33. The molecule has 12 heavy (non-hydrogen) atoms. The largest absolute Gasteiger partial charge is 0.0651 e. The van der Waals surface area contributed by atoms with Crippen LogP contribution in [0.3, 0.4) is 0 Å². The maximum atomic E-state index is 3.61. The number of hydrogen-bond acceptors (Lipinski definition) is 0. The molecule has 0 heterocycles. The van der Waals surface area contributed by atoms with E-state index in [2.05, 4.69) is 42.8 Å².